The zero-order valence-electron chi connectivity index (χ0n) is 12.2. The minimum atomic E-state index is 0.642. The molecular formula is C16H27NS. The minimum absolute atomic E-state index is 0.642. The van der Waals surface area contributed by atoms with Crippen LogP contribution in [0.4, 0.5) is 0 Å². The SMILES string of the molecule is CCN(CS)CCc1ccc(C(C)C(C)C)cc1. The van der Waals surface area contributed by atoms with E-state index in [4.69, 9.17) is 0 Å². The number of likely N-dealkylation sites (N-methyl/N-ethyl adjacent to an activating group) is 1. The van der Waals surface area contributed by atoms with Crippen LogP contribution in [0, 0.1) is 5.92 Å². The highest BCUT2D eigenvalue weighted by molar-refractivity contribution is 7.80. The molecule has 1 rings (SSSR count). The van der Waals surface area contributed by atoms with Crippen molar-refractivity contribution in [2.45, 2.75) is 40.0 Å². The van der Waals surface area contributed by atoms with Gasteiger partial charge in [-0.3, -0.25) is 4.90 Å². The topological polar surface area (TPSA) is 3.24 Å². The summed E-state index contributed by atoms with van der Waals surface area (Å²) < 4.78 is 0. The van der Waals surface area contributed by atoms with Crippen molar-refractivity contribution >= 4 is 12.6 Å². The molecule has 2 heteroatoms. The second-order valence-electron chi connectivity index (χ2n) is 5.38. The highest BCUT2D eigenvalue weighted by Gasteiger charge is 2.09. The van der Waals surface area contributed by atoms with E-state index in [1.54, 1.807) is 0 Å². The van der Waals surface area contributed by atoms with E-state index >= 15 is 0 Å². The molecule has 102 valence electrons. The fraction of sp³-hybridized carbons (Fsp3) is 0.625. The lowest BCUT2D eigenvalue weighted by Crippen LogP contribution is -2.24. The number of hydrogen-bond acceptors (Lipinski definition) is 2. The van der Waals surface area contributed by atoms with E-state index in [-0.39, 0.29) is 0 Å². The van der Waals surface area contributed by atoms with Crippen LogP contribution in [-0.4, -0.2) is 23.9 Å². The first-order valence-electron chi connectivity index (χ1n) is 7.00. The monoisotopic (exact) mass is 265 g/mol. The van der Waals surface area contributed by atoms with Crippen LogP contribution in [0.15, 0.2) is 24.3 Å². The van der Waals surface area contributed by atoms with Gasteiger partial charge in [0, 0.05) is 12.4 Å². The van der Waals surface area contributed by atoms with Crippen LogP contribution in [0.3, 0.4) is 0 Å². The Kier molecular flexibility index (Phi) is 6.80. The van der Waals surface area contributed by atoms with E-state index in [2.05, 4.69) is 69.5 Å². The van der Waals surface area contributed by atoms with Crippen molar-refractivity contribution in [3.8, 4) is 0 Å². The molecule has 0 N–H and O–H groups in total. The summed E-state index contributed by atoms with van der Waals surface area (Å²) in [6.45, 7) is 11.2. The third-order valence-corrected chi connectivity index (χ3v) is 4.27. The van der Waals surface area contributed by atoms with E-state index < -0.39 is 0 Å². The molecule has 1 atom stereocenters. The van der Waals surface area contributed by atoms with E-state index in [9.17, 15) is 0 Å². The van der Waals surface area contributed by atoms with E-state index in [1.807, 2.05) is 0 Å². The molecule has 0 radical (unpaired) electrons. The predicted octanol–water partition coefficient (Wildman–Crippen LogP) is 4.20. The maximum absolute atomic E-state index is 4.33. The maximum atomic E-state index is 4.33. The Balaban J connectivity index is 2.55. The summed E-state index contributed by atoms with van der Waals surface area (Å²) in [6.07, 6.45) is 1.12. The smallest absolute Gasteiger partial charge is 0.0414 e. The Morgan fingerprint density at radius 3 is 2.17 bits per heavy atom. The third-order valence-electron chi connectivity index (χ3n) is 3.87. The van der Waals surface area contributed by atoms with Gasteiger partial charge < -0.3 is 0 Å². The summed E-state index contributed by atoms with van der Waals surface area (Å²) in [7, 11) is 0. The molecule has 0 fully saturated rings. The van der Waals surface area contributed by atoms with E-state index in [0.717, 1.165) is 25.4 Å². The summed E-state index contributed by atoms with van der Waals surface area (Å²) in [5.74, 6) is 2.19. The summed E-state index contributed by atoms with van der Waals surface area (Å²) in [5, 5.41) is 0. The zero-order valence-corrected chi connectivity index (χ0v) is 13.1. The Morgan fingerprint density at radius 2 is 1.72 bits per heavy atom. The van der Waals surface area contributed by atoms with Gasteiger partial charge in [0.25, 0.3) is 0 Å². The lowest BCUT2D eigenvalue weighted by molar-refractivity contribution is 0.344. The molecule has 0 saturated carbocycles. The lowest BCUT2D eigenvalue weighted by atomic mass is 9.90. The Hall–Kier alpha value is -0.470. The molecule has 0 aliphatic heterocycles. The molecular weight excluding hydrogens is 238 g/mol. The standard InChI is InChI=1S/C16H27NS/c1-5-17(12-18)11-10-15-6-8-16(9-7-15)14(4)13(2)3/h6-9,13-14,18H,5,10-12H2,1-4H3. The average Bonchev–Trinajstić information content (AvgIpc) is 2.39. The molecule has 1 unspecified atom stereocenters. The molecule has 0 aromatic heterocycles. The van der Waals surface area contributed by atoms with Gasteiger partial charge in [-0.15, -0.1) is 0 Å². The van der Waals surface area contributed by atoms with Crippen LogP contribution in [-0.2, 0) is 6.42 Å². The van der Waals surface area contributed by atoms with Crippen molar-refractivity contribution in [1.29, 1.82) is 0 Å². The molecule has 1 nitrogen and oxygen atoms in total. The van der Waals surface area contributed by atoms with Gasteiger partial charge in [-0.25, -0.2) is 0 Å². The molecule has 0 heterocycles. The van der Waals surface area contributed by atoms with Crippen LogP contribution in [0.1, 0.15) is 44.7 Å². The van der Waals surface area contributed by atoms with Gasteiger partial charge in [-0.05, 0) is 35.9 Å². The molecule has 0 spiro atoms. The van der Waals surface area contributed by atoms with Crippen molar-refractivity contribution in [3.05, 3.63) is 35.4 Å². The van der Waals surface area contributed by atoms with Crippen molar-refractivity contribution in [2.75, 3.05) is 19.0 Å². The molecule has 18 heavy (non-hydrogen) atoms. The fourth-order valence-electron chi connectivity index (χ4n) is 1.99. The fourth-order valence-corrected chi connectivity index (χ4v) is 2.33. The third kappa shape index (κ3) is 4.66. The quantitative estimate of drug-likeness (QED) is 0.571. The first-order chi connectivity index (χ1) is 8.58. The van der Waals surface area contributed by atoms with E-state index in [1.165, 1.54) is 11.1 Å². The Labute approximate surface area is 118 Å². The highest BCUT2D eigenvalue weighted by atomic mass is 32.1. The molecule has 0 bridgehead atoms. The Morgan fingerprint density at radius 1 is 1.11 bits per heavy atom. The largest absolute Gasteiger partial charge is 0.294 e. The molecule has 1 aromatic carbocycles. The van der Waals surface area contributed by atoms with Crippen molar-refractivity contribution in [3.63, 3.8) is 0 Å². The first-order valence-corrected chi connectivity index (χ1v) is 7.63. The second kappa shape index (κ2) is 7.85. The van der Waals surface area contributed by atoms with Gasteiger partial charge in [0.2, 0.25) is 0 Å². The summed E-state index contributed by atoms with van der Waals surface area (Å²) >= 11 is 4.33. The minimum Gasteiger partial charge on any atom is -0.294 e. The van der Waals surface area contributed by atoms with Crippen molar-refractivity contribution < 1.29 is 0 Å². The molecule has 0 amide bonds. The number of hydrogen-bond donors (Lipinski definition) is 1. The Bertz CT molecular complexity index is 327. The van der Waals surface area contributed by atoms with Crippen LogP contribution in [0.25, 0.3) is 0 Å². The average molecular weight is 265 g/mol. The van der Waals surface area contributed by atoms with E-state index in [0.29, 0.717) is 11.8 Å². The summed E-state index contributed by atoms with van der Waals surface area (Å²) in [5.41, 5.74) is 2.88. The zero-order chi connectivity index (χ0) is 13.5. The lowest BCUT2D eigenvalue weighted by Gasteiger charge is -2.18. The van der Waals surface area contributed by atoms with Gasteiger partial charge in [0.1, 0.15) is 0 Å². The van der Waals surface area contributed by atoms with Crippen molar-refractivity contribution in [2.24, 2.45) is 5.92 Å². The summed E-state index contributed by atoms with van der Waals surface area (Å²) in [6, 6.07) is 9.13. The van der Waals surface area contributed by atoms with Crippen LogP contribution < -0.4 is 0 Å². The van der Waals surface area contributed by atoms with Gasteiger partial charge in [-0.1, -0.05) is 52.0 Å². The summed E-state index contributed by atoms with van der Waals surface area (Å²) in [4.78, 5) is 2.34. The molecule has 0 saturated heterocycles. The van der Waals surface area contributed by atoms with Gasteiger partial charge in [-0.2, -0.15) is 12.6 Å². The molecule has 1 aromatic rings. The normalized spacial score (nSPS) is 13.3. The first kappa shape index (κ1) is 15.6. The highest BCUT2D eigenvalue weighted by Crippen LogP contribution is 2.23. The van der Waals surface area contributed by atoms with Crippen LogP contribution in [0.5, 0.6) is 0 Å². The molecule has 0 aliphatic carbocycles. The van der Waals surface area contributed by atoms with Gasteiger partial charge >= 0.3 is 0 Å². The molecule has 0 aliphatic rings. The second-order valence-corrected chi connectivity index (χ2v) is 5.66. The van der Waals surface area contributed by atoms with Crippen molar-refractivity contribution in [1.82, 2.24) is 4.90 Å². The maximum Gasteiger partial charge on any atom is 0.0414 e. The van der Waals surface area contributed by atoms with Gasteiger partial charge in [0.15, 0.2) is 0 Å². The predicted molar refractivity (Wildman–Crippen MR) is 84.5 cm³/mol. The number of thiol groups is 1. The van der Waals surface area contributed by atoms with Crippen LogP contribution >= 0.6 is 12.6 Å². The van der Waals surface area contributed by atoms with Crippen LogP contribution in [0.2, 0.25) is 0 Å². The number of benzene rings is 1. The number of nitrogens with zero attached hydrogens (tertiary/aromatic N) is 1. The number of rotatable bonds is 7. The van der Waals surface area contributed by atoms with Gasteiger partial charge in [0.05, 0.1) is 0 Å².